The third-order valence-electron chi connectivity index (χ3n) is 3.95. The molecule has 25 heavy (non-hydrogen) atoms. The fourth-order valence-electron chi connectivity index (χ4n) is 2.70. The molecule has 0 unspecified atom stereocenters. The van der Waals surface area contributed by atoms with Crippen molar-refractivity contribution >= 4 is 11.8 Å². The van der Waals surface area contributed by atoms with E-state index in [0.717, 1.165) is 25.0 Å². The van der Waals surface area contributed by atoms with Crippen LogP contribution in [0.3, 0.4) is 0 Å². The molecule has 1 N–H and O–H groups in total. The fourth-order valence-corrected chi connectivity index (χ4v) is 3.49. The highest BCUT2D eigenvalue weighted by Crippen LogP contribution is 2.23. The monoisotopic (exact) mass is 359 g/mol. The zero-order chi connectivity index (χ0) is 17.1. The van der Waals surface area contributed by atoms with Crippen molar-refractivity contribution in [2.75, 3.05) is 6.61 Å². The Morgan fingerprint density at radius 2 is 2.16 bits per heavy atom. The minimum absolute atomic E-state index is 0.0720. The molecule has 1 aliphatic rings. The Labute approximate surface area is 147 Å². The van der Waals surface area contributed by atoms with Crippen LogP contribution < -0.4 is 5.69 Å². The minimum Gasteiger partial charge on any atom is -0.420 e. The molecule has 3 heterocycles. The standard InChI is InChI=1S/C16H17N5O3S/c22-15-19-20-16(21(15)9-12-7-4-8-23-12)25-10-13-17-18-14(24-13)11-5-2-1-3-6-11/h1-3,5-6,12H,4,7-10H2,(H,19,22)/t12-/m0/s1. The molecule has 1 aliphatic heterocycles. The highest BCUT2D eigenvalue weighted by molar-refractivity contribution is 7.98. The molecule has 0 bridgehead atoms. The number of H-pyrrole nitrogens is 1. The van der Waals surface area contributed by atoms with Crippen molar-refractivity contribution in [1.29, 1.82) is 0 Å². The van der Waals surface area contributed by atoms with E-state index in [2.05, 4.69) is 20.4 Å². The van der Waals surface area contributed by atoms with E-state index in [1.165, 1.54) is 11.8 Å². The Hall–Kier alpha value is -2.39. The molecular weight excluding hydrogens is 342 g/mol. The average Bonchev–Trinajstić information content (AvgIpc) is 3.38. The maximum Gasteiger partial charge on any atom is 0.344 e. The highest BCUT2D eigenvalue weighted by atomic mass is 32.2. The molecule has 1 saturated heterocycles. The van der Waals surface area contributed by atoms with Crippen molar-refractivity contribution in [2.24, 2.45) is 0 Å². The number of thioether (sulfide) groups is 1. The normalized spacial score (nSPS) is 17.2. The van der Waals surface area contributed by atoms with Crippen LogP contribution in [0.4, 0.5) is 0 Å². The van der Waals surface area contributed by atoms with Gasteiger partial charge in [0.1, 0.15) is 0 Å². The lowest BCUT2D eigenvalue weighted by atomic mass is 10.2. The largest absolute Gasteiger partial charge is 0.420 e. The maximum atomic E-state index is 12.0. The van der Waals surface area contributed by atoms with Crippen molar-refractivity contribution in [3.63, 3.8) is 0 Å². The molecule has 1 aromatic carbocycles. The summed E-state index contributed by atoms with van der Waals surface area (Å²) in [4.78, 5) is 12.0. The summed E-state index contributed by atoms with van der Waals surface area (Å²) in [6, 6.07) is 9.60. The first-order chi connectivity index (χ1) is 12.3. The summed E-state index contributed by atoms with van der Waals surface area (Å²) < 4.78 is 12.9. The number of benzene rings is 1. The molecule has 1 atom stereocenters. The van der Waals surface area contributed by atoms with Gasteiger partial charge in [0.05, 0.1) is 18.4 Å². The van der Waals surface area contributed by atoms with Gasteiger partial charge < -0.3 is 9.15 Å². The van der Waals surface area contributed by atoms with Gasteiger partial charge >= 0.3 is 5.69 Å². The topological polar surface area (TPSA) is 98.8 Å². The van der Waals surface area contributed by atoms with Crippen LogP contribution >= 0.6 is 11.8 Å². The van der Waals surface area contributed by atoms with E-state index in [9.17, 15) is 4.79 Å². The zero-order valence-electron chi connectivity index (χ0n) is 13.4. The van der Waals surface area contributed by atoms with Crippen molar-refractivity contribution in [3.8, 4) is 11.5 Å². The van der Waals surface area contributed by atoms with Gasteiger partial charge in [0.15, 0.2) is 5.16 Å². The Balaban J connectivity index is 1.43. The molecule has 2 aromatic heterocycles. The van der Waals surface area contributed by atoms with Crippen LogP contribution in [-0.2, 0) is 17.0 Å². The van der Waals surface area contributed by atoms with E-state index < -0.39 is 0 Å². The first-order valence-corrected chi connectivity index (χ1v) is 9.05. The zero-order valence-corrected chi connectivity index (χ0v) is 14.2. The van der Waals surface area contributed by atoms with E-state index in [0.29, 0.717) is 29.2 Å². The van der Waals surface area contributed by atoms with Gasteiger partial charge in [0, 0.05) is 12.2 Å². The lowest BCUT2D eigenvalue weighted by molar-refractivity contribution is 0.0941. The molecule has 0 spiro atoms. The van der Waals surface area contributed by atoms with Gasteiger partial charge in [-0.15, -0.1) is 15.3 Å². The Kier molecular flexibility index (Phi) is 4.66. The lowest BCUT2D eigenvalue weighted by Gasteiger charge is -2.10. The summed E-state index contributed by atoms with van der Waals surface area (Å²) in [5, 5.41) is 15.3. The molecule has 9 heteroatoms. The second-order valence-electron chi connectivity index (χ2n) is 5.71. The van der Waals surface area contributed by atoms with Gasteiger partial charge in [-0.3, -0.25) is 4.57 Å². The number of hydrogen-bond acceptors (Lipinski definition) is 7. The van der Waals surface area contributed by atoms with E-state index in [-0.39, 0.29) is 11.8 Å². The number of hydrogen-bond donors (Lipinski definition) is 1. The van der Waals surface area contributed by atoms with Crippen molar-refractivity contribution in [1.82, 2.24) is 25.0 Å². The van der Waals surface area contributed by atoms with Crippen molar-refractivity contribution in [2.45, 2.75) is 36.4 Å². The predicted octanol–water partition coefficient (Wildman–Crippen LogP) is 2.09. The summed E-state index contributed by atoms with van der Waals surface area (Å²) >= 11 is 1.38. The molecule has 0 aliphatic carbocycles. The second-order valence-corrected chi connectivity index (χ2v) is 6.66. The van der Waals surface area contributed by atoms with E-state index in [1.807, 2.05) is 30.3 Å². The number of nitrogens with one attached hydrogen (secondary N) is 1. The molecule has 3 aromatic rings. The van der Waals surface area contributed by atoms with Gasteiger partial charge in [-0.2, -0.15) is 0 Å². The number of ether oxygens (including phenoxy) is 1. The van der Waals surface area contributed by atoms with Gasteiger partial charge in [-0.25, -0.2) is 9.89 Å². The van der Waals surface area contributed by atoms with E-state index in [1.54, 1.807) is 4.57 Å². The average molecular weight is 359 g/mol. The molecule has 8 nitrogen and oxygen atoms in total. The third kappa shape index (κ3) is 3.67. The van der Waals surface area contributed by atoms with Gasteiger partial charge in [-0.1, -0.05) is 30.0 Å². The Morgan fingerprint density at radius 1 is 1.28 bits per heavy atom. The number of rotatable bonds is 6. The second kappa shape index (κ2) is 7.24. The first kappa shape index (κ1) is 16.1. The van der Waals surface area contributed by atoms with E-state index in [4.69, 9.17) is 9.15 Å². The molecular formula is C16H17N5O3S. The summed E-state index contributed by atoms with van der Waals surface area (Å²) in [5.74, 6) is 1.41. The molecule has 0 amide bonds. The van der Waals surface area contributed by atoms with Crippen molar-refractivity contribution in [3.05, 3.63) is 46.7 Å². The van der Waals surface area contributed by atoms with Gasteiger partial charge in [-0.05, 0) is 25.0 Å². The SMILES string of the molecule is O=c1[nH]nc(SCc2nnc(-c3ccccc3)o2)n1C[C@@H]1CCCO1. The minimum atomic E-state index is -0.228. The smallest absolute Gasteiger partial charge is 0.344 e. The molecule has 130 valence electrons. The van der Waals surface area contributed by atoms with Crippen molar-refractivity contribution < 1.29 is 9.15 Å². The summed E-state index contributed by atoms with van der Waals surface area (Å²) in [5.41, 5.74) is 0.648. The Bertz CT molecular complexity index is 883. The summed E-state index contributed by atoms with van der Waals surface area (Å²) in [7, 11) is 0. The van der Waals surface area contributed by atoms with Crippen LogP contribution in [-0.4, -0.2) is 37.7 Å². The number of nitrogens with zero attached hydrogens (tertiary/aromatic N) is 4. The Morgan fingerprint density at radius 3 is 2.96 bits per heavy atom. The quantitative estimate of drug-likeness (QED) is 0.673. The third-order valence-corrected chi connectivity index (χ3v) is 4.91. The summed E-state index contributed by atoms with van der Waals surface area (Å²) in [6.45, 7) is 1.26. The van der Waals surface area contributed by atoms with Crippen LogP contribution in [0.2, 0.25) is 0 Å². The molecule has 0 radical (unpaired) electrons. The molecule has 0 saturated carbocycles. The predicted molar refractivity (Wildman–Crippen MR) is 91.1 cm³/mol. The van der Waals surface area contributed by atoms with Crippen LogP contribution in [0.1, 0.15) is 18.7 Å². The highest BCUT2D eigenvalue weighted by Gasteiger charge is 2.20. The maximum absolute atomic E-state index is 12.0. The molecule has 1 fully saturated rings. The van der Waals surface area contributed by atoms with Crippen LogP contribution in [0, 0.1) is 0 Å². The van der Waals surface area contributed by atoms with Gasteiger partial charge in [0.25, 0.3) is 0 Å². The van der Waals surface area contributed by atoms with Crippen LogP contribution in [0.25, 0.3) is 11.5 Å². The summed E-state index contributed by atoms with van der Waals surface area (Å²) in [6.07, 6.45) is 2.07. The van der Waals surface area contributed by atoms with Gasteiger partial charge in [0.2, 0.25) is 11.8 Å². The number of aromatic amines is 1. The molecule has 4 rings (SSSR count). The van der Waals surface area contributed by atoms with Crippen LogP contribution in [0.5, 0.6) is 0 Å². The lowest BCUT2D eigenvalue weighted by Crippen LogP contribution is -2.24. The fraction of sp³-hybridized carbons (Fsp3) is 0.375. The van der Waals surface area contributed by atoms with E-state index >= 15 is 0 Å². The number of aromatic nitrogens is 5. The first-order valence-electron chi connectivity index (χ1n) is 8.07. The van der Waals surface area contributed by atoms with Crippen LogP contribution in [0.15, 0.2) is 44.7 Å².